The zero-order chi connectivity index (χ0) is 46.6. The van der Waals surface area contributed by atoms with Crippen LogP contribution in [0.1, 0.15) is 43.1 Å². The fraction of sp³-hybridized carbons (Fsp3) is 0.0968. The Kier molecular flexibility index (Phi) is 8.13. The van der Waals surface area contributed by atoms with Crippen molar-refractivity contribution in [2.24, 2.45) is 0 Å². The number of methoxy groups -OCH3 is 4. The Balaban J connectivity index is 1.13. The molecule has 3 aliphatic rings. The summed E-state index contributed by atoms with van der Waals surface area (Å²) < 4.78 is 28.4. The largest absolute Gasteiger partial charge is 0.497 e. The van der Waals surface area contributed by atoms with Gasteiger partial charge in [0, 0.05) is 31.3 Å². The normalized spacial score (nSPS) is 14.2. The molecule has 70 heavy (non-hydrogen) atoms. The number of rotatable bonds is 6. The van der Waals surface area contributed by atoms with Gasteiger partial charge < -0.3 is 28.1 Å². The van der Waals surface area contributed by atoms with E-state index in [2.05, 4.69) is 191 Å². The van der Waals surface area contributed by atoms with Gasteiger partial charge in [-0.05, 0) is 141 Å². The second-order valence-corrected chi connectivity index (χ2v) is 20.6. The minimum Gasteiger partial charge on any atom is -0.497 e. The third-order valence-corrected chi connectivity index (χ3v) is 18.1. The molecule has 12 aromatic rings. The van der Waals surface area contributed by atoms with Crippen LogP contribution in [0.5, 0.6) is 23.0 Å². The lowest BCUT2D eigenvalue weighted by Crippen LogP contribution is -2.41. The standard InChI is InChI=1S/C62H42N2O4S2/c1-65-35-21-25-53-43(29-35)44-30-36(66-2)22-26-54(44)63(53)57-33-51-59(69-57)62(49-19-11-7-15-41(49)42-16-8-12-20-50(42)62)52-34-58(64-55-27-23-37(67-3)31-45(55)46-32-38(68-4)24-28-56(46)64)70-60(52)61(51)47-17-9-5-13-39(47)40-14-6-10-18-48(40)61/h5-34H,1-4H3. The van der Waals surface area contributed by atoms with E-state index in [-0.39, 0.29) is 0 Å². The van der Waals surface area contributed by atoms with Gasteiger partial charge in [-0.3, -0.25) is 0 Å². The molecule has 6 nitrogen and oxygen atoms in total. The number of hydrogen-bond donors (Lipinski definition) is 0. The second kappa shape index (κ2) is 14.3. The average Bonchev–Trinajstić information content (AvgIpc) is 4.28. The summed E-state index contributed by atoms with van der Waals surface area (Å²) in [6.07, 6.45) is 0. The van der Waals surface area contributed by atoms with E-state index in [9.17, 15) is 0 Å². The van der Waals surface area contributed by atoms with Crippen molar-refractivity contribution in [2.75, 3.05) is 28.4 Å². The highest BCUT2D eigenvalue weighted by atomic mass is 32.1. The first-order valence-corrected chi connectivity index (χ1v) is 25.2. The summed E-state index contributed by atoms with van der Waals surface area (Å²) in [5.74, 6) is 3.27. The van der Waals surface area contributed by atoms with Crippen LogP contribution in [-0.4, -0.2) is 37.6 Å². The molecule has 3 aliphatic carbocycles. The van der Waals surface area contributed by atoms with Gasteiger partial charge in [0.05, 0.1) is 61.3 Å². The van der Waals surface area contributed by atoms with E-state index in [1.807, 2.05) is 22.7 Å². The second-order valence-electron chi connectivity index (χ2n) is 18.5. The number of thiophene rings is 2. The minimum absolute atomic E-state index is 0.663. The summed E-state index contributed by atoms with van der Waals surface area (Å²) >= 11 is 3.86. The van der Waals surface area contributed by atoms with Crippen LogP contribution in [0, 0.1) is 0 Å². The summed E-state index contributed by atoms with van der Waals surface area (Å²) in [5, 5.41) is 6.77. The maximum absolute atomic E-state index is 5.85. The van der Waals surface area contributed by atoms with Gasteiger partial charge in [0.25, 0.3) is 0 Å². The Labute approximate surface area is 411 Å². The molecule has 336 valence electrons. The van der Waals surface area contributed by atoms with Crippen molar-refractivity contribution >= 4 is 66.3 Å². The van der Waals surface area contributed by atoms with Crippen LogP contribution >= 0.6 is 22.7 Å². The molecule has 0 unspecified atom stereocenters. The van der Waals surface area contributed by atoms with E-state index >= 15 is 0 Å². The van der Waals surface area contributed by atoms with Crippen molar-refractivity contribution in [1.82, 2.24) is 9.13 Å². The smallest absolute Gasteiger partial charge is 0.119 e. The van der Waals surface area contributed by atoms with Gasteiger partial charge in [-0.1, -0.05) is 97.1 Å². The fourth-order valence-electron chi connectivity index (χ4n) is 12.8. The van der Waals surface area contributed by atoms with Gasteiger partial charge in [-0.25, -0.2) is 0 Å². The topological polar surface area (TPSA) is 46.8 Å². The highest BCUT2D eigenvalue weighted by Gasteiger charge is 2.61. The van der Waals surface area contributed by atoms with Crippen LogP contribution in [-0.2, 0) is 10.8 Å². The van der Waals surface area contributed by atoms with E-state index in [1.165, 1.54) is 65.4 Å². The highest BCUT2D eigenvalue weighted by molar-refractivity contribution is 7.16. The maximum atomic E-state index is 5.85. The van der Waals surface area contributed by atoms with Crippen molar-refractivity contribution in [3.8, 4) is 55.3 Å². The first-order valence-electron chi connectivity index (χ1n) is 23.5. The predicted molar refractivity (Wildman–Crippen MR) is 285 cm³/mol. The van der Waals surface area contributed by atoms with Crippen LogP contribution in [0.25, 0.3) is 75.9 Å². The monoisotopic (exact) mass is 942 g/mol. The lowest BCUT2D eigenvalue weighted by Gasteiger charge is -2.45. The Morgan fingerprint density at radius 2 is 0.586 bits per heavy atom. The zero-order valence-electron chi connectivity index (χ0n) is 38.7. The van der Waals surface area contributed by atoms with Crippen LogP contribution in [0.15, 0.2) is 182 Å². The average molecular weight is 943 g/mol. The van der Waals surface area contributed by atoms with Crippen LogP contribution in [0.4, 0.5) is 0 Å². The molecule has 0 saturated carbocycles. The quantitative estimate of drug-likeness (QED) is 0.167. The molecule has 4 aromatic heterocycles. The molecule has 4 heterocycles. The van der Waals surface area contributed by atoms with Crippen molar-refractivity contribution < 1.29 is 18.9 Å². The molecular weight excluding hydrogens is 901 g/mol. The van der Waals surface area contributed by atoms with Gasteiger partial charge in [0.2, 0.25) is 0 Å². The summed E-state index contributed by atoms with van der Waals surface area (Å²) in [6, 6.07) is 67.6. The van der Waals surface area contributed by atoms with E-state index in [4.69, 9.17) is 18.9 Å². The molecule has 0 bridgehead atoms. The molecule has 0 aliphatic heterocycles. The van der Waals surface area contributed by atoms with Crippen LogP contribution < -0.4 is 18.9 Å². The van der Waals surface area contributed by atoms with Gasteiger partial charge >= 0.3 is 0 Å². The number of hydrogen-bond acceptors (Lipinski definition) is 6. The number of benzene rings is 8. The molecule has 8 heteroatoms. The molecule has 8 aromatic carbocycles. The zero-order valence-corrected chi connectivity index (χ0v) is 40.3. The number of aromatic nitrogens is 2. The van der Waals surface area contributed by atoms with Gasteiger partial charge in [0.1, 0.15) is 33.0 Å². The van der Waals surface area contributed by atoms with Crippen molar-refractivity contribution in [3.63, 3.8) is 0 Å². The Hall–Kier alpha value is -8.04. The lowest BCUT2D eigenvalue weighted by atomic mass is 9.58. The molecular formula is C62H42N2O4S2. The summed E-state index contributed by atoms with van der Waals surface area (Å²) in [5.41, 5.74) is 16.1. The predicted octanol–water partition coefficient (Wildman–Crippen LogP) is 15.1. The minimum atomic E-state index is -0.663. The Bertz CT molecular complexity index is 3690. The van der Waals surface area contributed by atoms with E-state index in [1.54, 1.807) is 28.4 Å². The molecule has 2 spiro atoms. The number of ether oxygens (including phenoxy) is 4. The number of nitrogens with zero attached hydrogens (tertiary/aromatic N) is 2. The van der Waals surface area contributed by atoms with Gasteiger partial charge in [-0.15, -0.1) is 22.7 Å². The van der Waals surface area contributed by atoms with Crippen molar-refractivity contribution in [2.45, 2.75) is 10.8 Å². The molecule has 0 atom stereocenters. The SMILES string of the molecule is COc1ccc2c(c1)c1cc(OC)ccc1n2-c1cc2c(s1)C1(c3ccccc3-c3ccccc31)c1cc(-n3c4ccc(OC)cc4c4cc(OC)ccc43)sc1C21c2ccccc2-c2ccccc21. The fourth-order valence-corrected chi connectivity index (χ4v) is 15.8. The lowest BCUT2D eigenvalue weighted by molar-refractivity contribution is 0.415. The Morgan fingerprint density at radius 3 is 0.857 bits per heavy atom. The third-order valence-electron chi connectivity index (χ3n) is 15.6. The molecule has 15 rings (SSSR count). The maximum Gasteiger partial charge on any atom is 0.119 e. The summed E-state index contributed by atoms with van der Waals surface area (Å²) in [4.78, 5) is 2.66. The molecule has 0 saturated heterocycles. The summed E-state index contributed by atoms with van der Waals surface area (Å²) in [6.45, 7) is 0. The van der Waals surface area contributed by atoms with Crippen molar-refractivity contribution in [3.05, 3.63) is 225 Å². The van der Waals surface area contributed by atoms with Gasteiger partial charge in [-0.2, -0.15) is 0 Å². The van der Waals surface area contributed by atoms with Gasteiger partial charge in [0.15, 0.2) is 0 Å². The van der Waals surface area contributed by atoms with Crippen LogP contribution in [0.3, 0.4) is 0 Å². The number of fused-ring (bicyclic) bond motifs is 22. The first kappa shape index (κ1) is 39.9. The van der Waals surface area contributed by atoms with Crippen LogP contribution in [0.2, 0.25) is 0 Å². The molecule has 0 fully saturated rings. The Morgan fingerprint density at radius 1 is 0.314 bits per heavy atom. The van der Waals surface area contributed by atoms with E-state index < -0.39 is 10.8 Å². The highest BCUT2D eigenvalue weighted by Crippen LogP contribution is 2.70. The first-order chi connectivity index (χ1) is 34.5. The van der Waals surface area contributed by atoms with E-state index in [0.29, 0.717) is 0 Å². The summed E-state index contributed by atoms with van der Waals surface area (Å²) in [7, 11) is 6.95. The third kappa shape index (κ3) is 4.82. The molecule has 0 amide bonds. The van der Waals surface area contributed by atoms with E-state index in [0.717, 1.165) is 76.6 Å². The molecule has 0 radical (unpaired) electrons. The molecule has 0 N–H and O–H groups in total. The van der Waals surface area contributed by atoms with Crippen molar-refractivity contribution in [1.29, 1.82) is 0 Å².